The van der Waals surface area contributed by atoms with E-state index in [1.165, 1.54) is 24.4 Å². The number of halogens is 2. The molecule has 2 N–H and O–H groups in total. The minimum Gasteiger partial charge on any atom is -0.476 e. The van der Waals surface area contributed by atoms with Crippen molar-refractivity contribution in [2.75, 3.05) is 5.32 Å². The second-order valence-corrected chi connectivity index (χ2v) is 4.28. The minimum absolute atomic E-state index is 0.0100. The van der Waals surface area contributed by atoms with Crippen LogP contribution in [0, 0.1) is 0 Å². The van der Waals surface area contributed by atoms with E-state index in [1.807, 2.05) is 0 Å². The molecule has 9 heteroatoms. The number of aromatic carboxylic acids is 1. The predicted octanol–water partition coefficient (Wildman–Crippen LogP) is 2.13. The maximum absolute atomic E-state index is 12.0. The van der Waals surface area contributed by atoms with Crippen LogP contribution in [0.5, 0.6) is 0 Å². The molecule has 0 saturated carbocycles. The number of pyridine rings is 1. The van der Waals surface area contributed by atoms with Crippen LogP contribution in [0.4, 0.5) is 5.69 Å². The van der Waals surface area contributed by atoms with Crippen molar-refractivity contribution in [1.29, 1.82) is 0 Å². The van der Waals surface area contributed by atoms with Crippen LogP contribution in [-0.2, 0) is 0 Å². The first kappa shape index (κ1) is 14.2. The lowest BCUT2D eigenvalue weighted by molar-refractivity contribution is 0.0692. The second-order valence-electron chi connectivity index (χ2n) is 3.53. The Morgan fingerprint density at radius 3 is 2.70 bits per heavy atom. The van der Waals surface area contributed by atoms with E-state index in [1.54, 1.807) is 0 Å². The van der Waals surface area contributed by atoms with Gasteiger partial charge in [-0.05, 0) is 18.2 Å². The van der Waals surface area contributed by atoms with Crippen molar-refractivity contribution < 1.29 is 14.7 Å². The lowest BCUT2D eigenvalue weighted by atomic mass is 10.2. The van der Waals surface area contributed by atoms with Crippen LogP contribution in [0.2, 0.25) is 10.3 Å². The Kier molecular flexibility index (Phi) is 4.11. The summed E-state index contributed by atoms with van der Waals surface area (Å²) in [5.74, 6) is -1.93. The highest BCUT2D eigenvalue weighted by Crippen LogP contribution is 2.18. The smallest absolute Gasteiger partial charge is 0.356 e. The molecule has 0 aromatic carbocycles. The van der Waals surface area contributed by atoms with E-state index in [9.17, 15) is 9.59 Å². The fraction of sp³-hybridized carbons (Fsp3) is 0. The van der Waals surface area contributed by atoms with Gasteiger partial charge in [-0.2, -0.15) is 0 Å². The van der Waals surface area contributed by atoms with Gasteiger partial charge in [0.15, 0.2) is 16.0 Å². The highest BCUT2D eigenvalue weighted by atomic mass is 35.5. The number of hydrogen-bond donors (Lipinski definition) is 2. The zero-order chi connectivity index (χ0) is 14.7. The van der Waals surface area contributed by atoms with Crippen LogP contribution >= 0.6 is 23.2 Å². The number of rotatable bonds is 3. The van der Waals surface area contributed by atoms with Crippen molar-refractivity contribution in [3.8, 4) is 0 Å². The molecule has 20 heavy (non-hydrogen) atoms. The molecule has 1 amide bonds. The minimum atomic E-state index is -1.27. The molecule has 0 atom stereocenters. The molecule has 2 aromatic rings. The Morgan fingerprint density at radius 1 is 1.25 bits per heavy atom. The standard InChI is InChI=1S/C11H6Cl2N4O3/c12-7-4-5(9(13)17-16-7)10(18)15-6-2-1-3-14-8(6)11(19)20/h1-4H,(H,15,18)(H,19,20). The summed E-state index contributed by atoms with van der Waals surface area (Å²) in [7, 11) is 0. The van der Waals surface area contributed by atoms with E-state index in [2.05, 4.69) is 20.5 Å². The van der Waals surface area contributed by atoms with Gasteiger partial charge in [0.05, 0.1) is 11.3 Å². The van der Waals surface area contributed by atoms with Crippen molar-refractivity contribution >= 4 is 40.8 Å². The largest absolute Gasteiger partial charge is 0.476 e. The third-order valence-corrected chi connectivity index (χ3v) is 2.69. The third kappa shape index (κ3) is 3.01. The zero-order valence-electron chi connectivity index (χ0n) is 9.67. The quantitative estimate of drug-likeness (QED) is 0.899. The number of carbonyl (C=O) groups excluding carboxylic acids is 1. The van der Waals surface area contributed by atoms with Crippen LogP contribution in [0.1, 0.15) is 20.8 Å². The average molecular weight is 313 g/mol. The van der Waals surface area contributed by atoms with Gasteiger partial charge in [-0.15, -0.1) is 10.2 Å². The first-order chi connectivity index (χ1) is 9.49. The van der Waals surface area contributed by atoms with E-state index in [0.29, 0.717) is 0 Å². The Labute approximate surface area is 122 Å². The molecule has 0 unspecified atom stereocenters. The molecule has 2 rings (SSSR count). The monoisotopic (exact) mass is 312 g/mol. The van der Waals surface area contributed by atoms with Crippen LogP contribution in [-0.4, -0.2) is 32.2 Å². The summed E-state index contributed by atoms with van der Waals surface area (Å²) in [4.78, 5) is 26.7. The Balaban J connectivity index is 2.33. The van der Waals surface area contributed by atoms with Crippen molar-refractivity contribution in [3.63, 3.8) is 0 Å². The van der Waals surface area contributed by atoms with Gasteiger partial charge in [0, 0.05) is 6.20 Å². The Morgan fingerprint density at radius 2 is 2.00 bits per heavy atom. The molecule has 0 fully saturated rings. The van der Waals surface area contributed by atoms with Crippen molar-refractivity contribution in [2.24, 2.45) is 0 Å². The van der Waals surface area contributed by atoms with Gasteiger partial charge in [-0.1, -0.05) is 23.2 Å². The van der Waals surface area contributed by atoms with Crippen molar-refractivity contribution in [1.82, 2.24) is 15.2 Å². The molecule has 0 aliphatic carbocycles. The molecule has 0 bridgehead atoms. The molecule has 0 spiro atoms. The SMILES string of the molecule is O=C(Nc1cccnc1C(=O)O)c1cc(Cl)nnc1Cl. The fourth-order valence-corrected chi connectivity index (χ4v) is 1.70. The number of carboxylic acid groups (broad SMARTS) is 1. The third-order valence-electron chi connectivity index (χ3n) is 2.22. The van der Waals surface area contributed by atoms with Crippen LogP contribution in [0.3, 0.4) is 0 Å². The summed E-state index contributed by atoms with van der Waals surface area (Å²) in [6.45, 7) is 0. The number of amides is 1. The summed E-state index contributed by atoms with van der Waals surface area (Å²) in [5, 5.41) is 18.2. The van der Waals surface area contributed by atoms with E-state index in [4.69, 9.17) is 28.3 Å². The van der Waals surface area contributed by atoms with Crippen LogP contribution in [0.25, 0.3) is 0 Å². The first-order valence-corrected chi connectivity index (χ1v) is 5.93. The molecule has 7 nitrogen and oxygen atoms in total. The maximum atomic E-state index is 12.0. The predicted molar refractivity (Wildman–Crippen MR) is 71.2 cm³/mol. The molecule has 0 aliphatic rings. The van der Waals surface area contributed by atoms with Crippen LogP contribution in [0.15, 0.2) is 24.4 Å². The van der Waals surface area contributed by atoms with Gasteiger partial charge in [-0.25, -0.2) is 9.78 Å². The molecule has 0 aliphatic heterocycles. The summed E-state index contributed by atoms with van der Waals surface area (Å²) >= 11 is 11.4. The lowest BCUT2D eigenvalue weighted by Gasteiger charge is -2.08. The number of nitrogens with zero attached hydrogens (tertiary/aromatic N) is 3. The summed E-state index contributed by atoms with van der Waals surface area (Å²) in [5.41, 5.74) is -0.272. The molecular weight excluding hydrogens is 307 g/mol. The topological polar surface area (TPSA) is 105 Å². The van der Waals surface area contributed by atoms with E-state index in [0.717, 1.165) is 0 Å². The molecule has 2 aromatic heterocycles. The Hall–Kier alpha value is -2.25. The number of nitrogens with one attached hydrogen (secondary N) is 1. The van der Waals surface area contributed by atoms with E-state index >= 15 is 0 Å². The molecular formula is C11H6Cl2N4O3. The second kappa shape index (κ2) is 5.81. The maximum Gasteiger partial charge on any atom is 0.356 e. The van der Waals surface area contributed by atoms with E-state index in [-0.39, 0.29) is 27.3 Å². The van der Waals surface area contributed by atoms with Crippen molar-refractivity contribution in [3.05, 3.63) is 46.0 Å². The number of carbonyl (C=O) groups is 2. The van der Waals surface area contributed by atoms with Crippen LogP contribution < -0.4 is 5.32 Å². The Bertz CT molecular complexity index is 693. The zero-order valence-corrected chi connectivity index (χ0v) is 11.2. The molecule has 102 valence electrons. The highest BCUT2D eigenvalue weighted by Gasteiger charge is 2.17. The number of aromatic nitrogens is 3. The van der Waals surface area contributed by atoms with Gasteiger partial charge in [0.1, 0.15) is 0 Å². The van der Waals surface area contributed by atoms with Gasteiger partial charge >= 0.3 is 5.97 Å². The normalized spacial score (nSPS) is 10.1. The number of anilines is 1. The summed E-state index contributed by atoms with van der Waals surface area (Å²) in [6.07, 6.45) is 1.30. The fourth-order valence-electron chi connectivity index (χ4n) is 1.38. The van der Waals surface area contributed by atoms with Gasteiger partial charge in [-0.3, -0.25) is 4.79 Å². The van der Waals surface area contributed by atoms with Gasteiger partial charge in [0.25, 0.3) is 5.91 Å². The van der Waals surface area contributed by atoms with E-state index < -0.39 is 11.9 Å². The molecule has 0 saturated heterocycles. The average Bonchev–Trinajstić information content (AvgIpc) is 2.41. The molecule has 2 heterocycles. The summed E-state index contributed by atoms with van der Waals surface area (Å²) in [6, 6.07) is 4.11. The first-order valence-electron chi connectivity index (χ1n) is 5.17. The van der Waals surface area contributed by atoms with Gasteiger partial charge in [0.2, 0.25) is 0 Å². The molecule has 0 radical (unpaired) electrons. The van der Waals surface area contributed by atoms with Crippen molar-refractivity contribution in [2.45, 2.75) is 0 Å². The lowest BCUT2D eigenvalue weighted by Crippen LogP contribution is -2.16. The summed E-state index contributed by atoms with van der Waals surface area (Å²) < 4.78 is 0. The highest BCUT2D eigenvalue weighted by molar-refractivity contribution is 6.34. The number of hydrogen-bond acceptors (Lipinski definition) is 5. The van der Waals surface area contributed by atoms with Gasteiger partial charge < -0.3 is 10.4 Å². The number of carboxylic acids is 1.